The van der Waals surface area contributed by atoms with E-state index in [1.54, 1.807) is 17.0 Å². The van der Waals surface area contributed by atoms with Crippen molar-refractivity contribution >= 4 is 11.6 Å². The van der Waals surface area contributed by atoms with Gasteiger partial charge in [-0.1, -0.05) is 12.1 Å². The molecule has 0 aromatic heterocycles. The van der Waals surface area contributed by atoms with Gasteiger partial charge in [-0.05, 0) is 12.5 Å². The molecule has 1 amide bonds. The molecule has 90 valence electrons. The van der Waals surface area contributed by atoms with E-state index < -0.39 is 4.92 Å². The number of rotatable bonds is 4. The lowest BCUT2D eigenvalue weighted by Gasteiger charge is -2.30. The van der Waals surface area contributed by atoms with Gasteiger partial charge in [0.05, 0.1) is 4.92 Å². The molecule has 0 spiro atoms. The molecule has 17 heavy (non-hydrogen) atoms. The van der Waals surface area contributed by atoms with Gasteiger partial charge in [0, 0.05) is 19.2 Å². The molecule has 1 aliphatic rings. The molecule has 0 radical (unpaired) electrons. The van der Waals surface area contributed by atoms with Crippen LogP contribution in [0.5, 0.6) is 5.75 Å². The Morgan fingerprint density at radius 3 is 2.71 bits per heavy atom. The minimum atomic E-state index is -0.524. The number of likely N-dealkylation sites (tertiary alicyclic amines) is 1. The number of carbonyl (C=O) groups is 1. The van der Waals surface area contributed by atoms with Crippen LogP contribution < -0.4 is 4.74 Å². The second-order valence-corrected chi connectivity index (χ2v) is 3.75. The Morgan fingerprint density at radius 2 is 2.12 bits per heavy atom. The predicted octanol–water partition coefficient (Wildman–Crippen LogP) is 1.21. The first-order chi connectivity index (χ1) is 8.18. The fourth-order valence-corrected chi connectivity index (χ4v) is 1.53. The van der Waals surface area contributed by atoms with Crippen molar-refractivity contribution in [2.24, 2.45) is 0 Å². The van der Waals surface area contributed by atoms with Crippen LogP contribution in [-0.4, -0.2) is 35.4 Å². The maximum Gasteiger partial charge on any atom is 0.310 e. The average Bonchev–Trinajstić information content (AvgIpc) is 2.24. The van der Waals surface area contributed by atoms with Gasteiger partial charge < -0.3 is 9.64 Å². The molecule has 1 fully saturated rings. The summed E-state index contributed by atoms with van der Waals surface area (Å²) in [4.78, 5) is 23.3. The van der Waals surface area contributed by atoms with Gasteiger partial charge in [-0.25, -0.2) is 0 Å². The Morgan fingerprint density at radius 1 is 1.41 bits per heavy atom. The van der Waals surface area contributed by atoms with Crippen LogP contribution in [-0.2, 0) is 4.79 Å². The van der Waals surface area contributed by atoms with E-state index in [1.807, 2.05) is 0 Å². The third-order valence-electron chi connectivity index (χ3n) is 2.62. The number of nitrogens with zero attached hydrogens (tertiary/aromatic N) is 2. The maximum absolute atomic E-state index is 11.5. The summed E-state index contributed by atoms with van der Waals surface area (Å²) >= 11 is 0. The van der Waals surface area contributed by atoms with Crippen molar-refractivity contribution in [3.8, 4) is 5.75 Å². The molecule has 0 aliphatic carbocycles. The molecule has 0 N–H and O–H groups in total. The van der Waals surface area contributed by atoms with Crippen LogP contribution in [0.25, 0.3) is 0 Å². The number of para-hydroxylation sites is 2. The Bertz CT molecular complexity index is 443. The fourth-order valence-electron chi connectivity index (χ4n) is 1.53. The molecule has 6 heteroatoms. The van der Waals surface area contributed by atoms with E-state index in [4.69, 9.17) is 4.74 Å². The van der Waals surface area contributed by atoms with Crippen LogP contribution in [0.4, 0.5) is 5.69 Å². The van der Waals surface area contributed by atoms with Crippen LogP contribution in [0.1, 0.15) is 6.42 Å². The highest BCUT2D eigenvalue weighted by atomic mass is 16.6. The number of amides is 1. The minimum absolute atomic E-state index is 0.121. The standard InChI is InChI=1S/C11H12N2O4/c14-11(12-6-3-7-12)8-17-10-5-2-1-4-9(10)13(15)16/h1-2,4-5H,3,6-8H2. The zero-order valence-corrected chi connectivity index (χ0v) is 9.17. The first-order valence-electron chi connectivity index (χ1n) is 5.32. The number of hydrogen-bond donors (Lipinski definition) is 0. The maximum atomic E-state index is 11.5. The monoisotopic (exact) mass is 236 g/mol. The summed E-state index contributed by atoms with van der Waals surface area (Å²) in [5.41, 5.74) is -0.121. The summed E-state index contributed by atoms with van der Waals surface area (Å²) in [6, 6.07) is 6.03. The smallest absolute Gasteiger partial charge is 0.310 e. The minimum Gasteiger partial charge on any atom is -0.477 e. The summed E-state index contributed by atoms with van der Waals surface area (Å²) in [5, 5.41) is 10.7. The number of ether oxygens (including phenoxy) is 1. The van der Waals surface area contributed by atoms with Crippen molar-refractivity contribution in [1.82, 2.24) is 4.90 Å². The van der Waals surface area contributed by atoms with Crippen molar-refractivity contribution in [3.05, 3.63) is 34.4 Å². The topological polar surface area (TPSA) is 72.7 Å². The van der Waals surface area contributed by atoms with Crippen molar-refractivity contribution in [1.29, 1.82) is 0 Å². The zero-order valence-electron chi connectivity index (χ0n) is 9.17. The number of hydrogen-bond acceptors (Lipinski definition) is 4. The molecule has 2 rings (SSSR count). The van der Waals surface area contributed by atoms with Crippen LogP contribution in [0.2, 0.25) is 0 Å². The molecule has 0 unspecified atom stereocenters. The van der Waals surface area contributed by atoms with E-state index in [2.05, 4.69) is 0 Å². The van der Waals surface area contributed by atoms with Crippen molar-refractivity contribution < 1.29 is 14.5 Å². The van der Waals surface area contributed by atoms with Gasteiger partial charge in [-0.3, -0.25) is 14.9 Å². The van der Waals surface area contributed by atoms with Crippen LogP contribution >= 0.6 is 0 Å². The number of nitro benzene ring substituents is 1. The van der Waals surface area contributed by atoms with Gasteiger partial charge >= 0.3 is 5.69 Å². The Balaban J connectivity index is 1.98. The van der Waals surface area contributed by atoms with Gasteiger partial charge in [-0.2, -0.15) is 0 Å². The molecule has 1 saturated heterocycles. The van der Waals surface area contributed by atoms with Crippen LogP contribution in [0.3, 0.4) is 0 Å². The molecule has 1 aromatic carbocycles. The average molecular weight is 236 g/mol. The second kappa shape index (κ2) is 4.82. The number of nitro groups is 1. The van der Waals surface area contributed by atoms with E-state index in [0.29, 0.717) is 0 Å². The first-order valence-corrected chi connectivity index (χ1v) is 5.32. The SMILES string of the molecule is O=C(COc1ccccc1[N+](=O)[O-])N1CCC1. The highest BCUT2D eigenvalue weighted by Gasteiger charge is 2.21. The molecule has 1 heterocycles. The Kier molecular flexibility index (Phi) is 3.22. The summed E-state index contributed by atoms with van der Waals surface area (Å²) < 4.78 is 5.18. The lowest BCUT2D eigenvalue weighted by Crippen LogP contribution is -2.44. The zero-order chi connectivity index (χ0) is 12.3. The van der Waals surface area contributed by atoms with Gasteiger partial charge in [0.15, 0.2) is 12.4 Å². The number of benzene rings is 1. The van der Waals surface area contributed by atoms with Crippen LogP contribution in [0, 0.1) is 10.1 Å². The molecule has 6 nitrogen and oxygen atoms in total. The largest absolute Gasteiger partial charge is 0.477 e. The molecule has 0 atom stereocenters. The Labute approximate surface area is 97.9 Å². The van der Waals surface area contributed by atoms with E-state index in [0.717, 1.165) is 19.5 Å². The summed E-state index contributed by atoms with van der Waals surface area (Å²) in [5.74, 6) is 0.000717. The van der Waals surface area contributed by atoms with E-state index in [1.165, 1.54) is 12.1 Å². The Hall–Kier alpha value is -2.11. The predicted molar refractivity (Wildman–Crippen MR) is 59.8 cm³/mol. The normalized spacial score (nSPS) is 14.0. The van der Waals surface area contributed by atoms with Gasteiger partial charge in [0.25, 0.3) is 5.91 Å². The molecule has 1 aromatic rings. The summed E-state index contributed by atoms with van der Waals surface area (Å²) in [7, 11) is 0. The van der Waals surface area contributed by atoms with Gasteiger partial charge in [0.1, 0.15) is 0 Å². The summed E-state index contributed by atoms with van der Waals surface area (Å²) in [6.07, 6.45) is 1.01. The van der Waals surface area contributed by atoms with Crippen LogP contribution in [0.15, 0.2) is 24.3 Å². The van der Waals surface area contributed by atoms with E-state index in [-0.39, 0.29) is 24.0 Å². The highest BCUT2D eigenvalue weighted by Crippen LogP contribution is 2.25. The molecule has 0 bridgehead atoms. The van der Waals surface area contributed by atoms with E-state index in [9.17, 15) is 14.9 Å². The first kappa shape index (κ1) is 11.4. The third-order valence-corrected chi connectivity index (χ3v) is 2.62. The van der Waals surface area contributed by atoms with Gasteiger partial charge in [-0.15, -0.1) is 0 Å². The molecular formula is C11H12N2O4. The molecule has 1 aliphatic heterocycles. The van der Waals surface area contributed by atoms with E-state index >= 15 is 0 Å². The highest BCUT2D eigenvalue weighted by molar-refractivity contribution is 5.78. The lowest BCUT2D eigenvalue weighted by molar-refractivity contribution is -0.385. The molecular weight excluding hydrogens is 224 g/mol. The summed E-state index contributed by atoms with van der Waals surface area (Å²) in [6.45, 7) is 1.35. The number of carbonyl (C=O) groups excluding carboxylic acids is 1. The van der Waals surface area contributed by atoms with Crippen molar-refractivity contribution in [2.45, 2.75) is 6.42 Å². The molecule has 0 saturated carbocycles. The third kappa shape index (κ3) is 2.52. The lowest BCUT2D eigenvalue weighted by atomic mass is 10.2. The van der Waals surface area contributed by atoms with Crippen molar-refractivity contribution in [3.63, 3.8) is 0 Å². The quantitative estimate of drug-likeness (QED) is 0.581. The van der Waals surface area contributed by atoms with Gasteiger partial charge in [0.2, 0.25) is 0 Å². The van der Waals surface area contributed by atoms with Crippen molar-refractivity contribution in [2.75, 3.05) is 19.7 Å². The fraction of sp³-hybridized carbons (Fsp3) is 0.364. The second-order valence-electron chi connectivity index (χ2n) is 3.75.